The highest BCUT2D eigenvalue weighted by Gasteiger charge is 2.12. The number of hydrogen-bond acceptors (Lipinski definition) is 3. The summed E-state index contributed by atoms with van der Waals surface area (Å²) < 4.78 is 2.12. The Morgan fingerprint density at radius 3 is 2.84 bits per heavy atom. The lowest BCUT2D eigenvalue weighted by Gasteiger charge is -2.06. The molecule has 0 bridgehead atoms. The topological polar surface area (TPSA) is 58.9 Å². The fourth-order valence-electron chi connectivity index (χ4n) is 3.45. The Bertz CT molecular complexity index is 1070. The second-order valence-electron chi connectivity index (χ2n) is 6.33. The average Bonchev–Trinajstić information content (AvgIpc) is 3.42. The predicted molar refractivity (Wildman–Crippen MR) is 97.8 cm³/mol. The van der Waals surface area contributed by atoms with E-state index in [1.807, 2.05) is 30.9 Å². The molecule has 4 aromatic rings. The molecule has 0 amide bonds. The third-order valence-electron chi connectivity index (χ3n) is 4.77. The molecule has 4 aromatic heterocycles. The van der Waals surface area contributed by atoms with Crippen LogP contribution in [0.25, 0.3) is 33.6 Å². The molecular weight excluding hydrogens is 310 g/mol. The van der Waals surface area contributed by atoms with E-state index in [0.29, 0.717) is 0 Å². The monoisotopic (exact) mass is 327 g/mol. The molecule has 5 nitrogen and oxygen atoms in total. The Balaban J connectivity index is 1.58. The van der Waals surface area contributed by atoms with Gasteiger partial charge in [-0.3, -0.25) is 14.5 Å². The van der Waals surface area contributed by atoms with Crippen molar-refractivity contribution in [1.82, 2.24) is 24.6 Å². The Morgan fingerprint density at radius 2 is 2.00 bits per heavy atom. The van der Waals surface area contributed by atoms with Crippen LogP contribution in [-0.4, -0.2) is 24.6 Å². The van der Waals surface area contributed by atoms with Crippen LogP contribution in [0.15, 0.2) is 61.3 Å². The van der Waals surface area contributed by atoms with E-state index in [2.05, 4.69) is 55.0 Å². The zero-order chi connectivity index (χ0) is 16.6. The highest BCUT2D eigenvalue weighted by molar-refractivity contribution is 5.73. The standard InChI is InChI=1S/C20H17N5/c1-2-4-14(3-1)18-9-16(5-7-21-18)19-13-22-20-10-15(6-8-25(19)20)17-11-23-24-12-17/h3,5-13H,1-2,4H2,(H,23,24). The molecule has 4 heterocycles. The number of allylic oxidation sites excluding steroid dienone is 2. The third-order valence-corrected chi connectivity index (χ3v) is 4.77. The fraction of sp³-hybridized carbons (Fsp3) is 0.150. The highest BCUT2D eigenvalue weighted by atomic mass is 15.1. The van der Waals surface area contributed by atoms with Gasteiger partial charge in [-0.05, 0) is 54.7 Å². The lowest BCUT2D eigenvalue weighted by atomic mass is 10.1. The lowest BCUT2D eigenvalue weighted by molar-refractivity contribution is 0.933. The normalized spacial score (nSPS) is 14.2. The molecule has 5 heteroatoms. The molecule has 0 aliphatic heterocycles. The summed E-state index contributed by atoms with van der Waals surface area (Å²) in [6, 6.07) is 8.39. The van der Waals surface area contributed by atoms with Gasteiger partial charge in [-0.1, -0.05) is 6.08 Å². The summed E-state index contributed by atoms with van der Waals surface area (Å²) in [6.07, 6.45) is 15.4. The SMILES string of the molecule is C1=C(c2cc(-c3cnc4cc(-c5cn[nH]c5)ccn34)ccn2)CCC1. The molecule has 1 aliphatic rings. The smallest absolute Gasteiger partial charge is 0.137 e. The van der Waals surface area contributed by atoms with Crippen LogP contribution >= 0.6 is 0 Å². The van der Waals surface area contributed by atoms with Crippen molar-refractivity contribution >= 4 is 11.2 Å². The number of rotatable bonds is 3. The summed E-state index contributed by atoms with van der Waals surface area (Å²) in [5, 5.41) is 6.87. The molecule has 0 unspecified atom stereocenters. The number of imidazole rings is 1. The van der Waals surface area contributed by atoms with E-state index >= 15 is 0 Å². The molecule has 25 heavy (non-hydrogen) atoms. The van der Waals surface area contributed by atoms with Crippen LogP contribution in [0.1, 0.15) is 25.0 Å². The summed E-state index contributed by atoms with van der Waals surface area (Å²) in [6.45, 7) is 0. The van der Waals surface area contributed by atoms with Crippen molar-refractivity contribution in [3.8, 4) is 22.4 Å². The highest BCUT2D eigenvalue weighted by Crippen LogP contribution is 2.30. The number of nitrogens with zero attached hydrogens (tertiary/aromatic N) is 4. The van der Waals surface area contributed by atoms with Gasteiger partial charge in [-0.15, -0.1) is 0 Å². The summed E-state index contributed by atoms with van der Waals surface area (Å²) in [4.78, 5) is 9.14. The van der Waals surface area contributed by atoms with Gasteiger partial charge >= 0.3 is 0 Å². The van der Waals surface area contributed by atoms with E-state index in [1.165, 1.54) is 12.0 Å². The van der Waals surface area contributed by atoms with Gasteiger partial charge in [0.25, 0.3) is 0 Å². The van der Waals surface area contributed by atoms with E-state index in [4.69, 9.17) is 0 Å². The van der Waals surface area contributed by atoms with Crippen LogP contribution in [-0.2, 0) is 0 Å². The molecule has 122 valence electrons. The van der Waals surface area contributed by atoms with Gasteiger partial charge in [0.1, 0.15) is 5.65 Å². The van der Waals surface area contributed by atoms with Crippen LogP contribution in [0.3, 0.4) is 0 Å². The molecule has 0 saturated heterocycles. The van der Waals surface area contributed by atoms with Crippen molar-refractivity contribution in [3.63, 3.8) is 0 Å². The number of pyridine rings is 2. The maximum Gasteiger partial charge on any atom is 0.137 e. The molecule has 0 aromatic carbocycles. The number of H-pyrrole nitrogens is 1. The largest absolute Gasteiger partial charge is 0.300 e. The first-order valence-electron chi connectivity index (χ1n) is 8.50. The Labute approximate surface area is 145 Å². The third kappa shape index (κ3) is 2.45. The van der Waals surface area contributed by atoms with E-state index in [1.54, 1.807) is 0 Å². The predicted octanol–water partition coefficient (Wildman–Crippen LogP) is 4.35. The van der Waals surface area contributed by atoms with E-state index in [9.17, 15) is 0 Å². The number of hydrogen-bond donors (Lipinski definition) is 1. The van der Waals surface area contributed by atoms with Gasteiger partial charge in [0.05, 0.1) is 23.8 Å². The van der Waals surface area contributed by atoms with Gasteiger partial charge in [0.15, 0.2) is 0 Å². The molecule has 0 atom stereocenters. The number of fused-ring (bicyclic) bond motifs is 1. The molecule has 0 saturated carbocycles. The second-order valence-corrected chi connectivity index (χ2v) is 6.33. The Morgan fingerprint density at radius 1 is 1.00 bits per heavy atom. The van der Waals surface area contributed by atoms with Crippen molar-refractivity contribution in [1.29, 1.82) is 0 Å². The summed E-state index contributed by atoms with van der Waals surface area (Å²) in [5.74, 6) is 0. The molecule has 0 fully saturated rings. The van der Waals surface area contributed by atoms with Crippen molar-refractivity contribution in [2.45, 2.75) is 19.3 Å². The van der Waals surface area contributed by atoms with Crippen molar-refractivity contribution in [3.05, 3.63) is 67.0 Å². The quantitative estimate of drug-likeness (QED) is 0.608. The molecule has 1 aliphatic carbocycles. The minimum Gasteiger partial charge on any atom is -0.300 e. The molecule has 0 spiro atoms. The van der Waals surface area contributed by atoms with Crippen LogP contribution < -0.4 is 0 Å². The Hall–Kier alpha value is -3.21. The average molecular weight is 327 g/mol. The first kappa shape index (κ1) is 14.2. The van der Waals surface area contributed by atoms with Crippen LogP contribution in [0.5, 0.6) is 0 Å². The fourth-order valence-corrected chi connectivity index (χ4v) is 3.45. The maximum atomic E-state index is 4.59. The van der Waals surface area contributed by atoms with Gasteiger partial charge in [-0.25, -0.2) is 4.98 Å². The van der Waals surface area contributed by atoms with Crippen molar-refractivity contribution in [2.75, 3.05) is 0 Å². The van der Waals surface area contributed by atoms with Crippen molar-refractivity contribution in [2.24, 2.45) is 0 Å². The van der Waals surface area contributed by atoms with Crippen LogP contribution in [0.2, 0.25) is 0 Å². The summed E-state index contributed by atoms with van der Waals surface area (Å²) in [5.41, 5.74) is 7.75. The van der Waals surface area contributed by atoms with Crippen molar-refractivity contribution < 1.29 is 0 Å². The van der Waals surface area contributed by atoms with E-state index < -0.39 is 0 Å². The number of aromatic amines is 1. The minimum absolute atomic E-state index is 0.923. The maximum absolute atomic E-state index is 4.59. The van der Waals surface area contributed by atoms with Gasteiger partial charge in [-0.2, -0.15) is 5.10 Å². The molecule has 1 N–H and O–H groups in total. The Kier molecular flexibility index (Phi) is 3.23. The van der Waals surface area contributed by atoms with Gasteiger partial charge in [0, 0.05) is 29.7 Å². The first-order valence-corrected chi connectivity index (χ1v) is 8.50. The molecule has 5 rings (SSSR count). The van der Waals surface area contributed by atoms with E-state index in [0.717, 1.165) is 46.6 Å². The van der Waals surface area contributed by atoms with E-state index in [-0.39, 0.29) is 0 Å². The van der Waals surface area contributed by atoms with Gasteiger partial charge < -0.3 is 0 Å². The first-order chi connectivity index (χ1) is 12.4. The summed E-state index contributed by atoms with van der Waals surface area (Å²) >= 11 is 0. The van der Waals surface area contributed by atoms with Crippen LogP contribution in [0, 0.1) is 0 Å². The molecular formula is C20H17N5. The lowest BCUT2D eigenvalue weighted by Crippen LogP contribution is -1.92. The zero-order valence-corrected chi connectivity index (χ0v) is 13.7. The number of nitrogens with one attached hydrogen (secondary N) is 1. The number of aromatic nitrogens is 5. The van der Waals surface area contributed by atoms with Crippen LogP contribution in [0.4, 0.5) is 0 Å². The van der Waals surface area contributed by atoms with Gasteiger partial charge in [0.2, 0.25) is 0 Å². The summed E-state index contributed by atoms with van der Waals surface area (Å²) in [7, 11) is 0. The molecule has 0 radical (unpaired) electrons. The zero-order valence-electron chi connectivity index (χ0n) is 13.7. The second kappa shape index (κ2) is 5.70. The minimum atomic E-state index is 0.923.